The number of carbonyl (C=O) groups is 1. The third-order valence-corrected chi connectivity index (χ3v) is 7.37. The molecule has 9 heteroatoms. The van der Waals surface area contributed by atoms with Crippen LogP contribution in [0.4, 0.5) is 20.7 Å². The molecule has 2 aliphatic heterocycles. The molecule has 1 aromatic heterocycles. The summed E-state index contributed by atoms with van der Waals surface area (Å²) in [5.41, 5.74) is 5.47. The molecule has 4 rings (SSSR count). The molecule has 2 fully saturated rings. The van der Waals surface area contributed by atoms with Crippen LogP contribution in [0.1, 0.15) is 42.9 Å². The fourth-order valence-electron chi connectivity index (χ4n) is 5.47. The largest absolute Gasteiger partial charge is 0.354 e. The van der Waals surface area contributed by atoms with E-state index in [0.29, 0.717) is 24.3 Å². The maximum Gasteiger partial charge on any atom is 0.333 e. The van der Waals surface area contributed by atoms with Crippen molar-refractivity contribution in [3.8, 4) is 0 Å². The van der Waals surface area contributed by atoms with Gasteiger partial charge < -0.3 is 10.2 Å². The number of likely N-dealkylation sites (tertiary alicyclic amines) is 1. The summed E-state index contributed by atoms with van der Waals surface area (Å²) < 4.78 is 14.3. The molecule has 0 radical (unpaired) electrons. The van der Waals surface area contributed by atoms with E-state index in [1.165, 1.54) is 0 Å². The van der Waals surface area contributed by atoms with Gasteiger partial charge in [0.2, 0.25) is 0 Å². The van der Waals surface area contributed by atoms with E-state index in [2.05, 4.69) is 37.4 Å². The Bertz CT molecular complexity index is 1020. The Labute approximate surface area is 207 Å². The lowest BCUT2D eigenvalue weighted by Crippen LogP contribution is -2.58. The number of hydrogen-bond donors (Lipinski definition) is 3. The van der Waals surface area contributed by atoms with Crippen LogP contribution in [0, 0.1) is 19.7 Å². The molecule has 1 aromatic carbocycles. The van der Waals surface area contributed by atoms with E-state index in [9.17, 15) is 9.18 Å². The van der Waals surface area contributed by atoms with Gasteiger partial charge in [0, 0.05) is 43.8 Å². The second kappa shape index (κ2) is 11.3. The zero-order chi connectivity index (χ0) is 24.9. The van der Waals surface area contributed by atoms with Crippen LogP contribution in [0.5, 0.6) is 0 Å². The number of nitrogens with one attached hydrogen (secondary N) is 2. The zero-order valence-electron chi connectivity index (χ0n) is 21.1. The summed E-state index contributed by atoms with van der Waals surface area (Å²) in [5, 5.41) is 2.67. The van der Waals surface area contributed by atoms with Gasteiger partial charge in [0.25, 0.3) is 0 Å². The molecule has 2 aromatic rings. The minimum Gasteiger partial charge on any atom is -0.354 e. The highest BCUT2D eigenvalue weighted by Crippen LogP contribution is 2.28. The molecule has 8 nitrogen and oxygen atoms in total. The molecular formula is C26H38FN7O. The number of benzene rings is 1. The number of piperidine rings is 1. The first kappa shape index (κ1) is 25.3. The minimum absolute atomic E-state index is 0.0929. The van der Waals surface area contributed by atoms with E-state index in [4.69, 9.17) is 5.84 Å². The van der Waals surface area contributed by atoms with E-state index in [1.807, 2.05) is 32.0 Å². The van der Waals surface area contributed by atoms with Crippen molar-refractivity contribution < 1.29 is 9.18 Å². The van der Waals surface area contributed by atoms with Crippen molar-refractivity contribution in [1.82, 2.24) is 20.2 Å². The smallest absolute Gasteiger partial charge is 0.333 e. The van der Waals surface area contributed by atoms with E-state index < -0.39 is 6.03 Å². The van der Waals surface area contributed by atoms with Gasteiger partial charge in [-0.1, -0.05) is 19.1 Å². The summed E-state index contributed by atoms with van der Waals surface area (Å²) in [7, 11) is 0. The fraction of sp³-hybridized carbons (Fsp3) is 0.538. The van der Waals surface area contributed by atoms with Crippen LogP contribution in [0.15, 0.2) is 30.5 Å². The number of aromatic nitrogens is 1. The molecule has 1 atom stereocenters. The number of anilines is 2. The normalized spacial score (nSPS) is 20.1. The van der Waals surface area contributed by atoms with Gasteiger partial charge in [-0.25, -0.2) is 20.0 Å². The second-order valence-electron chi connectivity index (χ2n) is 9.81. The summed E-state index contributed by atoms with van der Waals surface area (Å²) in [5.74, 6) is 6.03. The number of hydrogen-bond acceptors (Lipinski definition) is 6. The number of nitrogens with zero attached hydrogens (tertiary/aromatic N) is 4. The number of rotatable bonds is 6. The molecule has 2 aliphatic rings. The molecule has 0 bridgehead atoms. The van der Waals surface area contributed by atoms with Crippen molar-refractivity contribution in [3.05, 3.63) is 53.0 Å². The lowest BCUT2D eigenvalue weighted by Gasteiger charge is -2.48. The molecular weight excluding hydrogens is 445 g/mol. The standard InChI is InChI=1S/C26H38FN7O/c1-4-22-17-33(25-19(3)14-21(15-29-25)30-26(35)31-28)11-12-34(22)23-7-9-32(10-8-23)16-20-6-5-18(2)13-24(20)27/h5-6,13-15,22-23H,4,7-12,16-17,28H2,1-3H3,(H2,30,31,35). The Morgan fingerprint density at radius 2 is 1.94 bits per heavy atom. The zero-order valence-corrected chi connectivity index (χ0v) is 21.1. The first-order chi connectivity index (χ1) is 16.9. The first-order valence-electron chi connectivity index (χ1n) is 12.6. The number of pyridine rings is 1. The summed E-state index contributed by atoms with van der Waals surface area (Å²) >= 11 is 0. The predicted molar refractivity (Wildman–Crippen MR) is 138 cm³/mol. The molecule has 0 aliphatic carbocycles. The third kappa shape index (κ3) is 6.09. The van der Waals surface area contributed by atoms with Gasteiger partial charge in [0.15, 0.2) is 0 Å². The average Bonchev–Trinajstić information content (AvgIpc) is 2.86. The second-order valence-corrected chi connectivity index (χ2v) is 9.81. The molecule has 0 spiro atoms. The van der Waals surface area contributed by atoms with Gasteiger partial charge in [-0.3, -0.25) is 15.2 Å². The van der Waals surface area contributed by atoms with Crippen LogP contribution in [0.2, 0.25) is 0 Å². The van der Waals surface area contributed by atoms with Crippen molar-refractivity contribution in [2.75, 3.05) is 42.9 Å². The number of halogens is 1. The van der Waals surface area contributed by atoms with Crippen molar-refractivity contribution >= 4 is 17.5 Å². The maximum absolute atomic E-state index is 14.3. The lowest BCUT2D eigenvalue weighted by atomic mass is 9.97. The molecule has 4 N–H and O–H groups in total. The van der Waals surface area contributed by atoms with E-state index in [1.54, 1.807) is 12.3 Å². The van der Waals surface area contributed by atoms with Gasteiger partial charge >= 0.3 is 6.03 Å². The third-order valence-electron chi connectivity index (χ3n) is 7.37. The Morgan fingerprint density at radius 1 is 1.17 bits per heavy atom. The van der Waals surface area contributed by atoms with Crippen LogP contribution in [-0.2, 0) is 6.54 Å². The molecule has 1 unspecified atom stereocenters. The number of carbonyl (C=O) groups excluding carboxylic acids is 1. The number of piperazine rings is 1. The molecule has 2 saturated heterocycles. The topological polar surface area (TPSA) is 89.8 Å². The Balaban J connectivity index is 1.33. The average molecular weight is 484 g/mol. The molecule has 190 valence electrons. The Morgan fingerprint density at radius 3 is 2.60 bits per heavy atom. The van der Waals surface area contributed by atoms with Crippen LogP contribution in [-0.4, -0.2) is 65.6 Å². The quantitative estimate of drug-likeness (QED) is 0.332. The number of amides is 2. The van der Waals surface area contributed by atoms with E-state index in [-0.39, 0.29) is 5.82 Å². The number of urea groups is 1. The molecule has 2 amide bonds. The van der Waals surface area contributed by atoms with Crippen LogP contribution >= 0.6 is 0 Å². The monoisotopic (exact) mass is 483 g/mol. The van der Waals surface area contributed by atoms with Crippen molar-refractivity contribution in [2.45, 2.75) is 58.7 Å². The fourth-order valence-corrected chi connectivity index (χ4v) is 5.47. The SMILES string of the molecule is CCC1CN(c2ncc(NC(=O)NN)cc2C)CCN1C1CCN(Cc2ccc(C)cc2F)CC1. The minimum atomic E-state index is -0.464. The number of aryl methyl sites for hydroxylation is 2. The van der Waals surface area contributed by atoms with Crippen LogP contribution in [0.25, 0.3) is 0 Å². The lowest BCUT2D eigenvalue weighted by molar-refractivity contribution is 0.0607. The molecule has 0 saturated carbocycles. The van der Waals surface area contributed by atoms with Crippen molar-refractivity contribution in [3.63, 3.8) is 0 Å². The van der Waals surface area contributed by atoms with Crippen LogP contribution < -0.4 is 21.5 Å². The molecule has 35 heavy (non-hydrogen) atoms. The molecule has 3 heterocycles. The van der Waals surface area contributed by atoms with Crippen molar-refractivity contribution in [2.24, 2.45) is 5.84 Å². The highest BCUT2D eigenvalue weighted by molar-refractivity contribution is 5.88. The number of hydrazine groups is 1. The Hall–Kier alpha value is -2.75. The number of nitrogens with two attached hydrogens (primary N) is 1. The highest BCUT2D eigenvalue weighted by Gasteiger charge is 2.33. The summed E-state index contributed by atoms with van der Waals surface area (Å²) in [6.45, 7) is 11.8. The van der Waals surface area contributed by atoms with E-state index >= 15 is 0 Å². The summed E-state index contributed by atoms with van der Waals surface area (Å²) in [4.78, 5) is 23.6. The van der Waals surface area contributed by atoms with Crippen molar-refractivity contribution in [1.29, 1.82) is 0 Å². The van der Waals surface area contributed by atoms with Gasteiger partial charge in [0.05, 0.1) is 11.9 Å². The van der Waals surface area contributed by atoms with Gasteiger partial charge in [-0.05, 0) is 69.5 Å². The highest BCUT2D eigenvalue weighted by atomic mass is 19.1. The van der Waals surface area contributed by atoms with Gasteiger partial charge in [-0.2, -0.15) is 0 Å². The van der Waals surface area contributed by atoms with E-state index in [0.717, 1.165) is 74.5 Å². The maximum atomic E-state index is 14.3. The summed E-state index contributed by atoms with van der Waals surface area (Å²) in [6.07, 6.45) is 4.99. The van der Waals surface area contributed by atoms with Crippen LogP contribution in [0.3, 0.4) is 0 Å². The van der Waals surface area contributed by atoms with Gasteiger partial charge in [-0.15, -0.1) is 0 Å². The Kier molecular flexibility index (Phi) is 8.20. The predicted octanol–water partition coefficient (Wildman–Crippen LogP) is 3.40. The van der Waals surface area contributed by atoms with Gasteiger partial charge in [0.1, 0.15) is 11.6 Å². The summed E-state index contributed by atoms with van der Waals surface area (Å²) in [6, 6.07) is 8.05. The first-order valence-corrected chi connectivity index (χ1v) is 12.6.